The second kappa shape index (κ2) is 11.1. The number of rotatable bonds is 4. The number of fused-ring (bicyclic) bond motifs is 11. The molecule has 0 fully saturated rings. The standard InChI is InChI=1S/C47H26N4O/c1-3-13-31(14-4-1)45-48-46(32-15-5-2-6-16-32)50-47(49-45)33-19-23-34(24-20-33)51-38-26-21-29-11-7-9-17-35(29)41(38)37-25-28-40-43(44(37)51)42-36-18-10-8-12-30(36)22-27-39(42)52-40/h1-21,23-26,28H. The topological polar surface area (TPSA) is 56.7 Å². The summed E-state index contributed by atoms with van der Waals surface area (Å²) < 4.78 is 8.87. The van der Waals surface area contributed by atoms with E-state index in [1.54, 1.807) is 0 Å². The first-order valence-electron chi connectivity index (χ1n) is 17.3. The molecule has 0 aliphatic rings. The quantitative estimate of drug-likeness (QED) is 0.188. The second-order valence-electron chi connectivity index (χ2n) is 13.0. The highest BCUT2D eigenvalue weighted by Gasteiger charge is 2.22. The molecule has 52 heavy (non-hydrogen) atoms. The summed E-state index contributed by atoms with van der Waals surface area (Å²) in [4.78, 5) is 14.8. The maximum atomic E-state index is 6.49. The number of furan rings is 1. The van der Waals surface area contributed by atoms with E-state index in [1.165, 1.54) is 21.5 Å². The van der Waals surface area contributed by atoms with Gasteiger partial charge in [-0.2, -0.15) is 0 Å². The van der Waals surface area contributed by atoms with Crippen LogP contribution in [0.25, 0.3) is 105 Å². The second-order valence-corrected chi connectivity index (χ2v) is 13.0. The number of nitrogens with zero attached hydrogens (tertiary/aromatic N) is 4. The highest BCUT2D eigenvalue weighted by Crippen LogP contribution is 2.44. The van der Waals surface area contributed by atoms with Gasteiger partial charge >= 0.3 is 0 Å². The molecular weight excluding hydrogens is 637 g/mol. The highest BCUT2D eigenvalue weighted by molar-refractivity contribution is 6.31. The minimum atomic E-state index is 0.619. The first kappa shape index (κ1) is 28.5. The van der Waals surface area contributed by atoms with Crippen molar-refractivity contribution in [3.8, 4) is 39.9 Å². The summed E-state index contributed by atoms with van der Waals surface area (Å²) in [5.41, 5.74) is 7.55. The molecule has 240 valence electrons. The van der Waals surface area contributed by atoms with Gasteiger partial charge in [-0.25, -0.2) is 15.0 Å². The molecule has 5 heteroatoms. The van der Waals surface area contributed by atoms with Crippen LogP contribution in [0.5, 0.6) is 0 Å². The van der Waals surface area contributed by atoms with Crippen molar-refractivity contribution in [3.63, 3.8) is 0 Å². The van der Waals surface area contributed by atoms with Crippen molar-refractivity contribution in [1.82, 2.24) is 19.5 Å². The molecule has 8 aromatic carbocycles. The Bertz CT molecular complexity index is 3100. The molecule has 5 nitrogen and oxygen atoms in total. The lowest BCUT2D eigenvalue weighted by Gasteiger charge is -2.11. The third-order valence-electron chi connectivity index (χ3n) is 10.1. The molecule has 0 amide bonds. The van der Waals surface area contributed by atoms with E-state index < -0.39 is 0 Å². The van der Waals surface area contributed by atoms with Crippen molar-refractivity contribution in [2.75, 3.05) is 0 Å². The summed E-state index contributed by atoms with van der Waals surface area (Å²) in [7, 11) is 0. The van der Waals surface area contributed by atoms with Crippen LogP contribution in [0.15, 0.2) is 162 Å². The van der Waals surface area contributed by atoms with Crippen LogP contribution >= 0.6 is 0 Å². The zero-order valence-electron chi connectivity index (χ0n) is 27.7. The smallest absolute Gasteiger partial charge is 0.186 e. The molecule has 0 atom stereocenters. The molecule has 0 spiro atoms. The summed E-state index contributed by atoms with van der Waals surface area (Å²) in [6.07, 6.45) is 0. The van der Waals surface area contributed by atoms with Crippen LogP contribution in [-0.4, -0.2) is 19.5 Å². The molecule has 0 saturated heterocycles. The summed E-state index contributed by atoms with van der Waals surface area (Å²) in [6.45, 7) is 0. The fourth-order valence-corrected chi connectivity index (χ4v) is 7.70. The first-order chi connectivity index (χ1) is 25.8. The minimum absolute atomic E-state index is 0.619. The van der Waals surface area contributed by atoms with Crippen LogP contribution in [0.1, 0.15) is 0 Å². The summed E-state index contributed by atoms with van der Waals surface area (Å²) in [5, 5.41) is 9.01. The number of hydrogen-bond donors (Lipinski definition) is 0. The van der Waals surface area contributed by atoms with Crippen molar-refractivity contribution < 1.29 is 4.42 Å². The summed E-state index contributed by atoms with van der Waals surface area (Å²) in [5.74, 6) is 1.89. The van der Waals surface area contributed by atoms with Crippen LogP contribution in [-0.2, 0) is 0 Å². The monoisotopic (exact) mass is 662 g/mol. The van der Waals surface area contributed by atoms with E-state index in [4.69, 9.17) is 19.4 Å². The highest BCUT2D eigenvalue weighted by atomic mass is 16.3. The van der Waals surface area contributed by atoms with Crippen molar-refractivity contribution >= 4 is 65.3 Å². The Balaban J connectivity index is 1.18. The zero-order chi connectivity index (χ0) is 34.2. The van der Waals surface area contributed by atoms with E-state index in [2.05, 4.69) is 108 Å². The lowest BCUT2D eigenvalue weighted by Crippen LogP contribution is -2.00. The van der Waals surface area contributed by atoms with Gasteiger partial charge in [-0.15, -0.1) is 0 Å². The molecule has 11 aromatic rings. The van der Waals surface area contributed by atoms with Gasteiger partial charge in [0.25, 0.3) is 0 Å². The van der Waals surface area contributed by atoms with Crippen molar-refractivity contribution in [3.05, 3.63) is 170 Å². The number of aromatic nitrogens is 4. The minimum Gasteiger partial charge on any atom is -0.447 e. The predicted molar refractivity (Wildman–Crippen MR) is 210 cm³/mol. The van der Waals surface area contributed by atoms with E-state index in [1.807, 2.05) is 66.7 Å². The largest absolute Gasteiger partial charge is 0.447 e. The Morgan fingerprint density at radius 1 is 0.442 bits per heavy atom. The molecule has 11 rings (SSSR count). The number of hydrogen-bond acceptors (Lipinski definition) is 4. The lowest BCUT2D eigenvalue weighted by atomic mass is 10.0. The Hall–Kier alpha value is -7.29. The van der Waals surface area contributed by atoms with Gasteiger partial charge in [0.1, 0.15) is 5.58 Å². The van der Waals surface area contributed by atoms with Crippen LogP contribution in [0.4, 0.5) is 0 Å². The maximum Gasteiger partial charge on any atom is 0.186 e. The summed E-state index contributed by atoms with van der Waals surface area (Å²) in [6, 6.07) is 61.0. The van der Waals surface area contributed by atoms with Gasteiger partial charge in [-0.3, -0.25) is 0 Å². The van der Waals surface area contributed by atoms with Crippen LogP contribution in [0, 0.1) is 12.1 Å². The van der Waals surface area contributed by atoms with Gasteiger partial charge < -0.3 is 8.98 Å². The third kappa shape index (κ3) is 4.28. The molecule has 3 heterocycles. The van der Waals surface area contributed by atoms with E-state index in [0.29, 0.717) is 23.1 Å². The normalized spacial score (nSPS) is 11.7. The van der Waals surface area contributed by atoms with Gasteiger partial charge in [0.15, 0.2) is 23.1 Å². The van der Waals surface area contributed by atoms with Crippen molar-refractivity contribution in [2.24, 2.45) is 0 Å². The average Bonchev–Trinajstić information content (AvgIpc) is 3.78. The molecule has 0 N–H and O–H groups in total. The molecule has 0 bridgehead atoms. The van der Waals surface area contributed by atoms with Crippen molar-refractivity contribution in [2.45, 2.75) is 0 Å². The van der Waals surface area contributed by atoms with E-state index >= 15 is 0 Å². The van der Waals surface area contributed by atoms with E-state index in [9.17, 15) is 0 Å². The fourth-order valence-electron chi connectivity index (χ4n) is 7.70. The number of benzene rings is 7. The van der Waals surface area contributed by atoms with E-state index in [0.717, 1.165) is 60.5 Å². The molecular formula is C47H26N4O. The molecule has 0 aliphatic carbocycles. The van der Waals surface area contributed by atoms with Crippen LogP contribution in [0.2, 0.25) is 0 Å². The molecule has 0 radical (unpaired) electrons. The van der Waals surface area contributed by atoms with Crippen LogP contribution in [0.3, 0.4) is 0 Å². The van der Waals surface area contributed by atoms with Crippen molar-refractivity contribution in [1.29, 1.82) is 0 Å². The molecule has 0 saturated carbocycles. The average molecular weight is 663 g/mol. The zero-order valence-corrected chi connectivity index (χ0v) is 27.7. The SMILES string of the molecule is c1c2ccccc2c2c(c#1)oc1ccc3c4c5ccccc5ccc4n(-c4ccc(-c5nc(-c6ccccc6)nc(-c6ccccc6)n5)cc4)c3c12. The molecule has 0 unspecified atom stereocenters. The van der Waals surface area contributed by atoms with Gasteiger partial charge in [0.2, 0.25) is 0 Å². The van der Waals surface area contributed by atoms with Crippen LogP contribution < -0.4 is 0 Å². The lowest BCUT2D eigenvalue weighted by molar-refractivity contribution is 0.669. The fraction of sp³-hybridized carbons (Fsp3) is 0. The molecule has 0 aliphatic heterocycles. The predicted octanol–water partition coefficient (Wildman–Crippen LogP) is 11.8. The molecule has 3 aromatic heterocycles. The Labute approximate surface area is 298 Å². The van der Waals surface area contributed by atoms with Gasteiger partial charge in [-0.05, 0) is 65.4 Å². The summed E-state index contributed by atoms with van der Waals surface area (Å²) >= 11 is 0. The van der Waals surface area contributed by atoms with Gasteiger partial charge in [0, 0.05) is 49.3 Å². The van der Waals surface area contributed by atoms with E-state index in [-0.39, 0.29) is 0 Å². The van der Waals surface area contributed by atoms with Gasteiger partial charge in [0.05, 0.1) is 16.4 Å². The third-order valence-corrected chi connectivity index (χ3v) is 10.1. The van der Waals surface area contributed by atoms with Gasteiger partial charge in [-0.1, -0.05) is 115 Å². The Morgan fingerprint density at radius 3 is 1.77 bits per heavy atom. The Morgan fingerprint density at radius 2 is 1.06 bits per heavy atom. The Kier molecular flexibility index (Phi) is 6.10. The maximum absolute atomic E-state index is 6.49. The first-order valence-corrected chi connectivity index (χ1v) is 17.3.